The van der Waals surface area contributed by atoms with Crippen LogP contribution in [0.5, 0.6) is 0 Å². The number of aliphatic hydroxyl groups is 1. The number of rotatable bonds is 1. The van der Waals surface area contributed by atoms with Gasteiger partial charge in [0.15, 0.2) is 0 Å². The molecule has 104 valence electrons. The number of hydrogen-bond donors (Lipinski definition) is 1. The summed E-state index contributed by atoms with van der Waals surface area (Å²) in [6.07, 6.45) is 4.13. The first-order valence-electron chi connectivity index (χ1n) is 7.40. The number of aryl methyl sites for hydroxylation is 1. The molecule has 1 atom stereocenters. The van der Waals surface area contributed by atoms with Gasteiger partial charge in [-0.1, -0.05) is 48.5 Å². The van der Waals surface area contributed by atoms with Crippen molar-refractivity contribution in [2.45, 2.75) is 24.9 Å². The number of aromatic nitrogens is 1. The van der Waals surface area contributed by atoms with Gasteiger partial charge in [0.1, 0.15) is 0 Å². The van der Waals surface area contributed by atoms with E-state index in [1.54, 1.807) is 6.20 Å². The first-order chi connectivity index (χ1) is 10.3. The first-order valence-corrected chi connectivity index (χ1v) is 7.40. The van der Waals surface area contributed by atoms with Gasteiger partial charge in [-0.05, 0) is 30.0 Å². The minimum absolute atomic E-state index is 0.666. The van der Waals surface area contributed by atoms with Gasteiger partial charge in [0.05, 0.1) is 11.1 Å². The second-order valence-electron chi connectivity index (χ2n) is 5.86. The lowest BCUT2D eigenvalue weighted by atomic mass is 9.76. The zero-order valence-electron chi connectivity index (χ0n) is 11.8. The predicted molar refractivity (Wildman–Crippen MR) is 84.1 cm³/mol. The molecule has 1 N–H and O–H groups in total. The Balaban J connectivity index is 1.85. The van der Waals surface area contributed by atoms with Crippen LogP contribution in [0.1, 0.15) is 23.1 Å². The molecule has 0 saturated heterocycles. The Morgan fingerprint density at radius 1 is 0.905 bits per heavy atom. The summed E-state index contributed by atoms with van der Waals surface area (Å²) in [4.78, 5) is 4.50. The highest BCUT2D eigenvalue weighted by Crippen LogP contribution is 2.38. The van der Waals surface area contributed by atoms with Crippen molar-refractivity contribution in [2.75, 3.05) is 0 Å². The van der Waals surface area contributed by atoms with Crippen LogP contribution in [0, 0.1) is 0 Å². The van der Waals surface area contributed by atoms with Gasteiger partial charge >= 0.3 is 0 Å². The minimum atomic E-state index is -0.817. The summed E-state index contributed by atoms with van der Waals surface area (Å²) in [7, 11) is 0. The Morgan fingerprint density at radius 3 is 2.62 bits per heavy atom. The van der Waals surface area contributed by atoms with Gasteiger partial charge in [0.25, 0.3) is 0 Å². The van der Waals surface area contributed by atoms with Crippen LogP contribution in [0.25, 0.3) is 10.9 Å². The van der Waals surface area contributed by atoms with E-state index in [0.29, 0.717) is 6.42 Å². The molecule has 3 aromatic rings. The summed E-state index contributed by atoms with van der Waals surface area (Å²) in [5, 5.41) is 12.3. The van der Waals surface area contributed by atoms with Crippen LogP contribution in [0.3, 0.4) is 0 Å². The van der Waals surface area contributed by atoms with Crippen molar-refractivity contribution in [3.05, 3.63) is 77.5 Å². The Hall–Kier alpha value is -2.19. The van der Waals surface area contributed by atoms with Crippen molar-refractivity contribution >= 4 is 10.9 Å². The first kappa shape index (κ1) is 12.5. The number of hydrogen-bond acceptors (Lipinski definition) is 2. The minimum Gasteiger partial charge on any atom is -0.385 e. The maximum absolute atomic E-state index is 11.2. The SMILES string of the molecule is OC1(c2cccc3cccnc23)CCc2ccccc2C1. The molecular weight excluding hydrogens is 258 g/mol. The lowest BCUT2D eigenvalue weighted by Crippen LogP contribution is -2.33. The molecule has 1 unspecified atom stereocenters. The third-order valence-corrected chi connectivity index (χ3v) is 4.54. The van der Waals surface area contributed by atoms with E-state index in [1.807, 2.05) is 36.4 Å². The van der Waals surface area contributed by atoms with E-state index < -0.39 is 5.60 Å². The molecule has 0 fully saturated rings. The van der Waals surface area contributed by atoms with E-state index >= 15 is 0 Å². The number of nitrogens with zero attached hydrogens (tertiary/aromatic N) is 1. The van der Waals surface area contributed by atoms with Crippen LogP contribution in [-0.2, 0) is 18.4 Å². The van der Waals surface area contributed by atoms with Gasteiger partial charge in [0.2, 0.25) is 0 Å². The molecule has 4 rings (SSSR count). The molecule has 0 bridgehead atoms. The van der Waals surface area contributed by atoms with Crippen molar-refractivity contribution in [2.24, 2.45) is 0 Å². The highest BCUT2D eigenvalue weighted by Gasteiger charge is 2.35. The van der Waals surface area contributed by atoms with Crippen molar-refractivity contribution in [3.8, 4) is 0 Å². The molecule has 0 radical (unpaired) electrons. The fourth-order valence-electron chi connectivity index (χ4n) is 3.43. The highest BCUT2D eigenvalue weighted by molar-refractivity contribution is 5.82. The van der Waals surface area contributed by atoms with Crippen LogP contribution in [-0.4, -0.2) is 10.1 Å². The average Bonchev–Trinajstić information content (AvgIpc) is 2.54. The zero-order chi connectivity index (χ0) is 14.3. The second kappa shape index (κ2) is 4.68. The molecule has 1 aromatic heterocycles. The average molecular weight is 275 g/mol. The van der Waals surface area contributed by atoms with Crippen LogP contribution in [0.4, 0.5) is 0 Å². The fraction of sp³-hybridized carbons (Fsp3) is 0.211. The molecular formula is C19H17NO. The summed E-state index contributed by atoms with van der Waals surface area (Å²) >= 11 is 0. The predicted octanol–water partition coefficient (Wildman–Crippen LogP) is 3.61. The van der Waals surface area contributed by atoms with Gasteiger partial charge in [0, 0.05) is 23.6 Å². The summed E-state index contributed by atoms with van der Waals surface area (Å²) in [5.41, 5.74) is 3.66. The molecule has 2 heteroatoms. The largest absolute Gasteiger partial charge is 0.385 e. The maximum Gasteiger partial charge on any atom is 0.0960 e. The smallest absolute Gasteiger partial charge is 0.0960 e. The van der Waals surface area contributed by atoms with E-state index in [-0.39, 0.29) is 0 Å². The number of para-hydroxylation sites is 1. The summed E-state index contributed by atoms with van der Waals surface area (Å²) in [5.74, 6) is 0. The van der Waals surface area contributed by atoms with Crippen molar-refractivity contribution in [3.63, 3.8) is 0 Å². The molecule has 0 aliphatic heterocycles. The maximum atomic E-state index is 11.2. The monoisotopic (exact) mass is 275 g/mol. The number of pyridine rings is 1. The summed E-state index contributed by atoms with van der Waals surface area (Å²) in [6.45, 7) is 0. The molecule has 0 amide bonds. The van der Waals surface area contributed by atoms with Crippen molar-refractivity contribution in [1.82, 2.24) is 4.98 Å². The van der Waals surface area contributed by atoms with Gasteiger partial charge in [-0.15, -0.1) is 0 Å². The Morgan fingerprint density at radius 2 is 1.71 bits per heavy atom. The van der Waals surface area contributed by atoms with Crippen LogP contribution in [0.15, 0.2) is 60.8 Å². The van der Waals surface area contributed by atoms with E-state index in [4.69, 9.17) is 0 Å². The van der Waals surface area contributed by atoms with Crippen molar-refractivity contribution < 1.29 is 5.11 Å². The van der Waals surface area contributed by atoms with E-state index in [0.717, 1.165) is 29.3 Å². The van der Waals surface area contributed by atoms with Gasteiger partial charge in [-0.3, -0.25) is 4.98 Å². The molecule has 0 saturated carbocycles. The van der Waals surface area contributed by atoms with Crippen LogP contribution in [0.2, 0.25) is 0 Å². The number of fused-ring (bicyclic) bond motifs is 2. The third kappa shape index (κ3) is 2.03. The molecule has 21 heavy (non-hydrogen) atoms. The summed E-state index contributed by atoms with van der Waals surface area (Å²) < 4.78 is 0. The molecule has 1 heterocycles. The van der Waals surface area contributed by atoms with Gasteiger partial charge in [-0.25, -0.2) is 0 Å². The molecule has 1 aliphatic rings. The molecule has 2 aromatic carbocycles. The number of benzene rings is 2. The third-order valence-electron chi connectivity index (χ3n) is 4.54. The Labute approximate surface area is 124 Å². The second-order valence-corrected chi connectivity index (χ2v) is 5.86. The molecule has 0 spiro atoms. The lowest BCUT2D eigenvalue weighted by Gasteiger charge is -2.34. The van der Waals surface area contributed by atoms with E-state index in [2.05, 4.69) is 23.2 Å². The molecule has 2 nitrogen and oxygen atoms in total. The van der Waals surface area contributed by atoms with Crippen LogP contribution < -0.4 is 0 Å². The topological polar surface area (TPSA) is 33.1 Å². The zero-order valence-corrected chi connectivity index (χ0v) is 11.8. The highest BCUT2D eigenvalue weighted by atomic mass is 16.3. The fourth-order valence-corrected chi connectivity index (χ4v) is 3.43. The Bertz CT molecular complexity index is 806. The quantitative estimate of drug-likeness (QED) is 0.736. The normalized spacial score (nSPS) is 21.2. The van der Waals surface area contributed by atoms with Crippen LogP contribution >= 0.6 is 0 Å². The van der Waals surface area contributed by atoms with Gasteiger partial charge < -0.3 is 5.11 Å². The Kier molecular flexibility index (Phi) is 2.79. The standard InChI is InChI=1S/C19H17NO/c21-19(11-10-14-5-1-2-6-16(14)13-19)17-9-3-7-15-8-4-12-20-18(15)17/h1-9,12,21H,10-11,13H2. The van der Waals surface area contributed by atoms with Crippen molar-refractivity contribution in [1.29, 1.82) is 0 Å². The van der Waals surface area contributed by atoms with E-state index in [1.165, 1.54) is 11.1 Å². The van der Waals surface area contributed by atoms with E-state index in [9.17, 15) is 5.11 Å². The lowest BCUT2D eigenvalue weighted by molar-refractivity contribution is 0.0235. The van der Waals surface area contributed by atoms with Gasteiger partial charge in [-0.2, -0.15) is 0 Å². The molecule has 1 aliphatic carbocycles. The summed E-state index contributed by atoms with van der Waals surface area (Å²) in [6, 6.07) is 18.5.